The number of rotatable bonds is 2. The molecule has 0 unspecified atom stereocenters. The maximum absolute atomic E-state index is 6.83. The van der Waals surface area contributed by atoms with Gasteiger partial charge in [-0.2, -0.15) is 0 Å². The summed E-state index contributed by atoms with van der Waals surface area (Å²) in [5.41, 5.74) is 19.2. The second kappa shape index (κ2) is 9.63. The molecule has 10 aromatic rings. The molecule has 4 heteroatoms. The molecule has 3 aromatic heterocycles. The van der Waals surface area contributed by atoms with Gasteiger partial charge in [0.05, 0.1) is 16.9 Å². The molecule has 0 saturated carbocycles. The zero-order chi connectivity index (χ0) is 33.7. The Morgan fingerprint density at radius 2 is 1.13 bits per heavy atom. The van der Waals surface area contributed by atoms with E-state index in [-0.39, 0.29) is 6.71 Å². The van der Waals surface area contributed by atoms with Gasteiger partial charge in [0.2, 0.25) is 0 Å². The van der Waals surface area contributed by atoms with E-state index in [1.807, 2.05) is 0 Å². The van der Waals surface area contributed by atoms with Gasteiger partial charge in [-0.05, 0) is 81.0 Å². The zero-order valence-electron chi connectivity index (χ0n) is 28.2. The van der Waals surface area contributed by atoms with E-state index in [1.165, 1.54) is 105 Å². The number of fused-ring (bicyclic) bond motifs is 13. The van der Waals surface area contributed by atoms with Gasteiger partial charge in [0, 0.05) is 44.2 Å². The van der Waals surface area contributed by atoms with Gasteiger partial charge in [-0.15, -0.1) is 0 Å². The summed E-state index contributed by atoms with van der Waals surface area (Å²) in [7, 11) is 0. The lowest BCUT2D eigenvalue weighted by Crippen LogP contribution is -2.59. The first kappa shape index (κ1) is 27.2. The smallest absolute Gasteiger partial charge is 0.253 e. The molecule has 240 valence electrons. The van der Waals surface area contributed by atoms with Crippen molar-refractivity contribution in [2.75, 3.05) is 0 Å². The lowest BCUT2D eigenvalue weighted by Gasteiger charge is -2.35. The third kappa shape index (κ3) is 3.21. The van der Waals surface area contributed by atoms with Gasteiger partial charge in [-0.25, -0.2) is 0 Å². The molecule has 2 aliphatic heterocycles. The Morgan fingerprint density at radius 1 is 0.481 bits per heavy atom. The summed E-state index contributed by atoms with van der Waals surface area (Å²) in [6.07, 6.45) is 1.98. The summed E-state index contributed by atoms with van der Waals surface area (Å²) in [4.78, 5) is 0. The van der Waals surface area contributed by atoms with Crippen LogP contribution in [0.2, 0.25) is 0 Å². The van der Waals surface area contributed by atoms with E-state index < -0.39 is 0 Å². The minimum atomic E-state index is 0.0668. The van der Waals surface area contributed by atoms with Crippen LogP contribution in [0.15, 0.2) is 156 Å². The minimum absolute atomic E-state index is 0.0668. The molecule has 3 aliphatic rings. The predicted molar refractivity (Wildman–Crippen MR) is 216 cm³/mol. The highest BCUT2D eigenvalue weighted by Gasteiger charge is 2.44. The SMILES string of the molecule is c1ccc(-c2c(-c3ccccc3)n3c4c(c5ccccc5cc24)B2c4c(cccc4-3)-n3c4c(c5cccc2c53)CCc2c-4oc3ccccc23)cc1. The van der Waals surface area contributed by atoms with Crippen LogP contribution in [0.3, 0.4) is 0 Å². The molecule has 13 rings (SSSR count). The van der Waals surface area contributed by atoms with E-state index in [0.717, 1.165) is 24.2 Å². The van der Waals surface area contributed by atoms with Gasteiger partial charge in [0.15, 0.2) is 5.76 Å². The highest BCUT2D eigenvalue weighted by molar-refractivity contribution is 7.01. The number of hydrogen-bond donors (Lipinski definition) is 0. The molecule has 3 nitrogen and oxygen atoms in total. The molecule has 0 fully saturated rings. The van der Waals surface area contributed by atoms with Crippen molar-refractivity contribution in [2.24, 2.45) is 0 Å². The quantitative estimate of drug-likeness (QED) is 0.169. The Bertz CT molecular complexity index is 3180. The number of nitrogens with zero attached hydrogens (tertiary/aromatic N) is 2. The largest absolute Gasteiger partial charge is 0.454 e. The maximum atomic E-state index is 6.83. The summed E-state index contributed by atoms with van der Waals surface area (Å²) in [6.45, 7) is 0.0668. The van der Waals surface area contributed by atoms with Crippen LogP contribution in [-0.4, -0.2) is 15.8 Å². The fraction of sp³-hybridized carbons (Fsp3) is 0.0417. The van der Waals surface area contributed by atoms with Crippen LogP contribution in [0.25, 0.3) is 88.8 Å². The van der Waals surface area contributed by atoms with Crippen molar-refractivity contribution in [3.8, 4) is 45.2 Å². The topological polar surface area (TPSA) is 23.0 Å². The minimum Gasteiger partial charge on any atom is -0.454 e. The van der Waals surface area contributed by atoms with Crippen molar-refractivity contribution in [2.45, 2.75) is 12.8 Å². The number of para-hydroxylation sites is 2. The molecular weight excluding hydrogens is 631 g/mol. The molecule has 0 bridgehead atoms. The van der Waals surface area contributed by atoms with E-state index in [0.29, 0.717) is 0 Å². The molecular formula is C48H29BN2O. The molecule has 52 heavy (non-hydrogen) atoms. The fourth-order valence-electron chi connectivity index (χ4n) is 10.3. The average Bonchev–Trinajstić information content (AvgIpc) is 3.87. The molecule has 0 N–H and O–H groups in total. The number of hydrogen-bond acceptors (Lipinski definition) is 1. The Kier molecular flexibility index (Phi) is 5.04. The Morgan fingerprint density at radius 3 is 1.96 bits per heavy atom. The summed E-state index contributed by atoms with van der Waals surface area (Å²) in [5, 5.41) is 6.48. The van der Waals surface area contributed by atoms with E-state index in [2.05, 4.69) is 161 Å². The lowest BCUT2D eigenvalue weighted by molar-refractivity contribution is 0.616. The average molecular weight is 661 g/mol. The zero-order valence-corrected chi connectivity index (χ0v) is 28.2. The standard InChI is InChI=1S/C48H29BN2O/c1-3-13-28(14-4-1)41-36-27-30-17-7-8-18-31(30)42-46(36)50(44(41)29-15-5-2-6-16-29)38-22-12-23-39-43(38)49(42)37-21-11-20-33-34-25-26-35-32-19-9-10-24-40(32)52-48(35)47(34)51(39)45(33)37/h1-24,27H,25-26H2. The Hall–Kier alpha value is -6.52. The summed E-state index contributed by atoms with van der Waals surface area (Å²) in [6, 6.07) is 56.1. The third-order valence-electron chi connectivity index (χ3n) is 12.2. The fourth-order valence-corrected chi connectivity index (χ4v) is 10.3. The number of furan rings is 1. The van der Waals surface area contributed by atoms with Crippen molar-refractivity contribution >= 4 is 66.6 Å². The number of aryl methyl sites for hydroxylation is 2. The predicted octanol–water partition coefficient (Wildman–Crippen LogP) is 9.72. The van der Waals surface area contributed by atoms with Gasteiger partial charge < -0.3 is 13.6 Å². The van der Waals surface area contributed by atoms with E-state index >= 15 is 0 Å². The molecule has 0 spiro atoms. The monoisotopic (exact) mass is 660 g/mol. The Balaban J connectivity index is 1.25. The van der Waals surface area contributed by atoms with Crippen molar-refractivity contribution in [1.82, 2.24) is 9.13 Å². The van der Waals surface area contributed by atoms with Gasteiger partial charge in [0.25, 0.3) is 6.71 Å². The van der Waals surface area contributed by atoms with Gasteiger partial charge in [0.1, 0.15) is 5.58 Å². The van der Waals surface area contributed by atoms with Crippen LogP contribution in [0.1, 0.15) is 11.1 Å². The summed E-state index contributed by atoms with van der Waals surface area (Å²) >= 11 is 0. The van der Waals surface area contributed by atoms with Crippen molar-refractivity contribution in [1.29, 1.82) is 0 Å². The molecule has 5 heterocycles. The maximum Gasteiger partial charge on any atom is 0.253 e. The first-order valence-corrected chi connectivity index (χ1v) is 18.4. The Labute approximate surface area is 300 Å². The lowest BCUT2D eigenvalue weighted by atomic mass is 9.33. The van der Waals surface area contributed by atoms with Crippen molar-refractivity contribution in [3.63, 3.8) is 0 Å². The summed E-state index contributed by atoms with van der Waals surface area (Å²) in [5.74, 6) is 1.03. The van der Waals surface area contributed by atoms with Gasteiger partial charge in [-0.3, -0.25) is 0 Å². The number of aromatic nitrogens is 2. The van der Waals surface area contributed by atoms with E-state index in [1.54, 1.807) is 0 Å². The molecule has 1 aliphatic carbocycles. The molecule has 0 amide bonds. The highest BCUT2D eigenvalue weighted by atomic mass is 16.3. The van der Waals surface area contributed by atoms with E-state index in [4.69, 9.17) is 4.42 Å². The first-order chi connectivity index (χ1) is 25.8. The molecule has 0 atom stereocenters. The van der Waals surface area contributed by atoms with Crippen LogP contribution in [0, 0.1) is 0 Å². The van der Waals surface area contributed by atoms with Gasteiger partial charge >= 0.3 is 0 Å². The van der Waals surface area contributed by atoms with Crippen molar-refractivity contribution in [3.05, 3.63) is 163 Å². The molecule has 7 aromatic carbocycles. The van der Waals surface area contributed by atoms with Gasteiger partial charge in [-0.1, -0.05) is 127 Å². The number of benzene rings is 7. The van der Waals surface area contributed by atoms with Crippen LogP contribution in [-0.2, 0) is 12.8 Å². The normalized spacial score (nSPS) is 13.6. The van der Waals surface area contributed by atoms with E-state index in [9.17, 15) is 0 Å². The summed E-state index contributed by atoms with van der Waals surface area (Å²) < 4.78 is 12.0. The third-order valence-corrected chi connectivity index (χ3v) is 12.2. The molecule has 0 radical (unpaired) electrons. The second-order valence-corrected chi connectivity index (χ2v) is 14.7. The van der Waals surface area contributed by atoms with Crippen LogP contribution in [0.4, 0.5) is 0 Å². The van der Waals surface area contributed by atoms with Crippen LogP contribution < -0.4 is 16.4 Å². The highest BCUT2D eigenvalue weighted by Crippen LogP contribution is 2.49. The van der Waals surface area contributed by atoms with Crippen LogP contribution >= 0.6 is 0 Å². The van der Waals surface area contributed by atoms with Crippen molar-refractivity contribution < 1.29 is 4.42 Å². The van der Waals surface area contributed by atoms with Crippen LogP contribution in [0.5, 0.6) is 0 Å². The first-order valence-electron chi connectivity index (χ1n) is 18.4. The molecule has 0 saturated heterocycles. The second-order valence-electron chi connectivity index (χ2n) is 14.7.